The van der Waals surface area contributed by atoms with Gasteiger partial charge >= 0.3 is 0 Å². The maximum absolute atomic E-state index is 12.7. The van der Waals surface area contributed by atoms with Gasteiger partial charge < -0.3 is 9.64 Å². The molecular formula is C22H25N5O2. The molecule has 7 nitrogen and oxygen atoms in total. The normalized spacial score (nSPS) is 13.2. The lowest BCUT2D eigenvalue weighted by molar-refractivity contribution is -0.132. The number of ether oxygens (including phenoxy) is 1. The zero-order valence-electron chi connectivity index (χ0n) is 16.6. The quantitative estimate of drug-likeness (QED) is 0.619. The van der Waals surface area contributed by atoms with Gasteiger partial charge in [0, 0.05) is 56.6 Å². The third kappa shape index (κ3) is 4.62. The van der Waals surface area contributed by atoms with Crippen LogP contribution in [0.25, 0.3) is 0 Å². The molecule has 4 rings (SSSR count). The van der Waals surface area contributed by atoms with Crippen LogP contribution in [0.2, 0.25) is 0 Å². The zero-order valence-corrected chi connectivity index (χ0v) is 16.6. The second-order valence-corrected chi connectivity index (χ2v) is 7.23. The van der Waals surface area contributed by atoms with Crippen LogP contribution in [-0.4, -0.2) is 37.1 Å². The summed E-state index contributed by atoms with van der Waals surface area (Å²) in [7, 11) is 1.95. The van der Waals surface area contributed by atoms with Crippen LogP contribution in [0, 0.1) is 0 Å². The molecular weight excluding hydrogens is 366 g/mol. The van der Waals surface area contributed by atoms with Gasteiger partial charge in [0.15, 0.2) is 0 Å². The minimum Gasteiger partial charge on any atom is -0.470 e. The van der Waals surface area contributed by atoms with Crippen LogP contribution in [0.4, 0.5) is 0 Å². The van der Waals surface area contributed by atoms with Gasteiger partial charge in [-0.25, -0.2) is 4.98 Å². The minimum absolute atomic E-state index is 0.205. The Morgan fingerprint density at radius 1 is 1.21 bits per heavy atom. The highest BCUT2D eigenvalue weighted by atomic mass is 16.5. The Labute approximate surface area is 170 Å². The molecule has 0 unspecified atom stereocenters. The van der Waals surface area contributed by atoms with E-state index in [-0.39, 0.29) is 5.91 Å². The summed E-state index contributed by atoms with van der Waals surface area (Å²) in [4.78, 5) is 22.8. The molecule has 1 aliphatic heterocycles. The van der Waals surface area contributed by atoms with Crippen molar-refractivity contribution < 1.29 is 9.53 Å². The number of aromatic nitrogens is 4. The summed E-state index contributed by atoms with van der Waals surface area (Å²) < 4.78 is 7.63. The van der Waals surface area contributed by atoms with E-state index >= 15 is 0 Å². The monoisotopic (exact) mass is 391 g/mol. The molecule has 3 heterocycles. The number of amides is 1. The maximum atomic E-state index is 12.7. The van der Waals surface area contributed by atoms with Gasteiger partial charge in [0.2, 0.25) is 11.8 Å². The third-order valence-electron chi connectivity index (χ3n) is 5.27. The number of rotatable bonds is 7. The maximum Gasteiger partial charge on any atom is 0.232 e. The summed E-state index contributed by atoms with van der Waals surface area (Å²) in [6, 6.07) is 10.3. The fraction of sp³-hybridized carbons (Fsp3) is 0.364. The van der Waals surface area contributed by atoms with E-state index < -0.39 is 0 Å². The minimum atomic E-state index is 0.205. The Hall–Kier alpha value is -3.22. The van der Waals surface area contributed by atoms with Crippen molar-refractivity contribution in [1.82, 2.24) is 24.6 Å². The number of carbonyl (C=O) groups is 1. The predicted molar refractivity (Wildman–Crippen MR) is 108 cm³/mol. The molecule has 1 amide bonds. The molecule has 0 N–H and O–H groups in total. The van der Waals surface area contributed by atoms with Crippen LogP contribution < -0.4 is 4.74 Å². The van der Waals surface area contributed by atoms with E-state index in [1.54, 1.807) is 18.6 Å². The van der Waals surface area contributed by atoms with E-state index in [0.29, 0.717) is 25.5 Å². The molecule has 0 bridgehead atoms. The Morgan fingerprint density at radius 2 is 2.07 bits per heavy atom. The summed E-state index contributed by atoms with van der Waals surface area (Å²) >= 11 is 0. The smallest absolute Gasteiger partial charge is 0.232 e. The molecule has 0 atom stereocenters. The van der Waals surface area contributed by atoms with Gasteiger partial charge in [0.05, 0.1) is 6.20 Å². The predicted octanol–water partition coefficient (Wildman–Crippen LogP) is 2.70. The molecule has 3 aromatic rings. The SMILES string of the molecule is Cn1nc(COc2cnccn2)c2c1CCN(C(=O)CCCc1ccccc1)C2. The lowest BCUT2D eigenvalue weighted by atomic mass is 10.0. The molecule has 2 aromatic heterocycles. The Morgan fingerprint density at radius 3 is 2.86 bits per heavy atom. The summed E-state index contributed by atoms with van der Waals surface area (Å²) in [5.74, 6) is 0.674. The number of fused-ring (bicyclic) bond motifs is 1. The second-order valence-electron chi connectivity index (χ2n) is 7.23. The number of nitrogens with zero attached hydrogens (tertiary/aromatic N) is 5. The molecule has 0 radical (unpaired) electrons. The number of aryl methyl sites for hydroxylation is 2. The zero-order chi connectivity index (χ0) is 20.1. The topological polar surface area (TPSA) is 73.1 Å². The highest BCUT2D eigenvalue weighted by Crippen LogP contribution is 2.24. The lowest BCUT2D eigenvalue weighted by Crippen LogP contribution is -2.36. The summed E-state index contributed by atoms with van der Waals surface area (Å²) in [5.41, 5.74) is 4.40. The third-order valence-corrected chi connectivity index (χ3v) is 5.27. The standard InChI is InChI=1S/C22H25N5O2/c1-26-20-10-13-27(22(28)9-5-8-17-6-3-2-4-7-17)15-18(20)19(25-26)16-29-21-14-23-11-12-24-21/h2-4,6-7,11-12,14H,5,8-10,13,15-16H2,1H3. The summed E-state index contributed by atoms with van der Waals surface area (Å²) in [6.07, 6.45) is 7.95. The van der Waals surface area contributed by atoms with Gasteiger partial charge in [0.25, 0.3) is 0 Å². The van der Waals surface area contributed by atoms with Crippen molar-refractivity contribution in [2.45, 2.75) is 38.8 Å². The van der Waals surface area contributed by atoms with Gasteiger partial charge in [-0.15, -0.1) is 0 Å². The number of carbonyl (C=O) groups excluding carboxylic acids is 1. The Bertz CT molecular complexity index is 956. The molecule has 150 valence electrons. The van der Waals surface area contributed by atoms with E-state index in [1.165, 1.54) is 11.3 Å². The van der Waals surface area contributed by atoms with Crippen LogP contribution in [0.1, 0.15) is 35.4 Å². The van der Waals surface area contributed by atoms with Gasteiger partial charge in [0.1, 0.15) is 12.3 Å². The van der Waals surface area contributed by atoms with E-state index in [0.717, 1.165) is 37.1 Å². The van der Waals surface area contributed by atoms with Crippen molar-refractivity contribution in [3.05, 3.63) is 71.4 Å². The lowest BCUT2D eigenvalue weighted by Gasteiger charge is -2.28. The first-order chi connectivity index (χ1) is 14.2. The molecule has 0 aliphatic carbocycles. The van der Waals surface area contributed by atoms with Crippen LogP contribution in [0.3, 0.4) is 0 Å². The highest BCUT2D eigenvalue weighted by Gasteiger charge is 2.26. The molecule has 1 aromatic carbocycles. The number of benzene rings is 1. The van der Waals surface area contributed by atoms with Crippen molar-refractivity contribution >= 4 is 5.91 Å². The van der Waals surface area contributed by atoms with E-state index in [4.69, 9.17) is 4.74 Å². The van der Waals surface area contributed by atoms with Gasteiger partial charge in [-0.3, -0.25) is 14.5 Å². The summed E-state index contributed by atoms with van der Waals surface area (Å²) in [5, 5.41) is 4.61. The average molecular weight is 391 g/mol. The van der Waals surface area contributed by atoms with E-state index in [1.807, 2.05) is 34.8 Å². The fourth-order valence-corrected chi connectivity index (χ4v) is 3.75. The molecule has 0 fully saturated rings. The largest absolute Gasteiger partial charge is 0.470 e. The first kappa shape index (κ1) is 19.1. The summed E-state index contributed by atoms with van der Waals surface area (Å²) in [6.45, 7) is 1.64. The fourth-order valence-electron chi connectivity index (χ4n) is 3.75. The van der Waals surface area contributed by atoms with Gasteiger partial charge in [-0.1, -0.05) is 30.3 Å². The Kier molecular flexibility index (Phi) is 5.84. The van der Waals surface area contributed by atoms with E-state index in [2.05, 4.69) is 27.2 Å². The molecule has 0 saturated carbocycles. The van der Waals surface area contributed by atoms with Crippen LogP contribution in [-0.2, 0) is 37.8 Å². The van der Waals surface area contributed by atoms with Crippen molar-refractivity contribution in [3.63, 3.8) is 0 Å². The van der Waals surface area contributed by atoms with Crippen molar-refractivity contribution in [2.75, 3.05) is 6.54 Å². The van der Waals surface area contributed by atoms with Crippen LogP contribution >= 0.6 is 0 Å². The van der Waals surface area contributed by atoms with Crippen molar-refractivity contribution in [1.29, 1.82) is 0 Å². The second kappa shape index (κ2) is 8.86. The number of hydrogen-bond donors (Lipinski definition) is 0. The highest BCUT2D eigenvalue weighted by molar-refractivity contribution is 5.76. The molecule has 0 spiro atoms. The van der Waals surface area contributed by atoms with Crippen LogP contribution in [0.5, 0.6) is 5.88 Å². The molecule has 0 saturated heterocycles. The Balaban J connectivity index is 1.36. The van der Waals surface area contributed by atoms with Gasteiger partial charge in [-0.05, 0) is 18.4 Å². The average Bonchev–Trinajstić information content (AvgIpc) is 3.08. The molecule has 29 heavy (non-hydrogen) atoms. The van der Waals surface area contributed by atoms with E-state index in [9.17, 15) is 4.79 Å². The molecule has 7 heteroatoms. The van der Waals surface area contributed by atoms with Crippen molar-refractivity contribution in [3.8, 4) is 5.88 Å². The van der Waals surface area contributed by atoms with Crippen molar-refractivity contribution in [2.24, 2.45) is 7.05 Å². The van der Waals surface area contributed by atoms with Gasteiger partial charge in [-0.2, -0.15) is 5.10 Å². The molecule has 1 aliphatic rings. The van der Waals surface area contributed by atoms with Crippen LogP contribution in [0.15, 0.2) is 48.9 Å². The first-order valence-corrected chi connectivity index (χ1v) is 9.95. The first-order valence-electron chi connectivity index (χ1n) is 9.95. The number of hydrogen-bond acceptors (Lipinski definition) is 5.